The molecule has 1 heterocycles. The van der Waals surface area contributed by atoms with Crippen molar-refractivity contribution in [2.24, 2.45) is 0 Å². The Bertz CT molecular complexity index is 519. The second-order valence-electron chi connectivity index (χ2n) is 5.16. The summed E-state index contributed by atoms with van der Waals surface area (Å²) in [6, 6.07) is 1.53. The van der Waals surface area contributed by atoms with Crippen LogP contribution in [0, 0.1) is 21.7 Å². The maximum absolute atomic E-state index is 13.6. The monoisotopic (exact) mass is 302 g/mol. The van der Waals surface area contributed by atoms with Crippen LogP contribution in [-0.2, 0) is 6.54 Å². The van der Waals surface area contributed by atoms with Crippen molar-refractivity contribution in [2.45, 2.75) is 31.1 Å². The highest BCUT2D eigenvalue weighted by molar-refractivity contribution is 8.00. The predicted molar refractivity (Wildman–Crippen MR) is 74.8 cm³/mol. The number of halogens is 2. The number of hydrogen-bond acceptors (Lipinski definition) is 4. The minimum atomic E-state index is -1.14. The van der Waals surface area contributed by atoms with Crippen molar-refractivity contribution >= 4 is 17.4 Å². The van der Waals surface area contributed by atoms with Gasteiger partial charge in [-0.2, -0.15) is 16.2 Å². The van der Waals surface area contributed by atoms with E-state index < -0.39 is 22.2 Å². The number of nitrogens with zero attached hydrogens (tertiary/aromatic N) is 1. The molecule has 0 aliphatic carbocycles. The quantitative estimate of drug-likeness (QED) is 0.670. The molecule has 1 N–H and O–H groups in total. The number of hydrogen-bond donors (Lipinski definition) is 1. The van der Waals surface area contributed by atoms with Gasteiger partial charge in [0, 0.05) is 35.5 Å². The van der Waals surface area contributed by atoms with Crippen molar-refractivity contribution in [3.05, 3.63) is 39.4 Å². The lowest BCUT2D eigenvalue weighted by Crippen LogP contribution is -2.32. The fraction of sp³-hybridized carbons (Fsp3) is 0.538. The van der Waals surface area contributed by atoms with Crippen LogP contribution in [0.25, 0.3) is 0 Å². The molecule has 0 radical (unpaired) electrons. The number of rotatable bonds is 5. The zero-order valence-corrected chi connectivity index (χ0v) is 11.9. The molecule has 0 bridgehead atoms. The minimum absolute atomic E-state index is 0.115. The molecule has 0 saturated carbocycles. The summed E-state index contributed by atoms with van der Waals surface area (Å²) in [5.41, 5.74) is -0.575. The second kappa shape index (κ2) is 6.05. The van der Waals surface area contributed by atoms with Gasteiger partial charge in [-0.15, -0.1) is 0 Å². The fourth-order valence-corrected chi connectivity index (χ4v) is 3.57. The lowest BCUT2D eigenvalue weighted by atomic mass is 10.1. The topological polar surface area (TPSA) is 55.2 Å². The number of thioether (sulfide) groups is 1. The molecule has 0 spiro atoms. The van der Waals surface area contributed by atoms with Crippen molar-refractivity contribution in [3.8, 4) is 0 Å². The van der Waals surface area contributed by atoms with E-state index in [1.54, 1.807) is 0 Å². The lowest BCUT2D eigenvalue weighted by Gasteiger charge is -2.23. The maximum atomic E-state index is 13.6. The molecule has 1 saturated heterocycles. The Hall–Kier alpha value is -1.21. The van der Waals surface area contributed by atoms with Crippen molar-refractivity contribution in [2.75, 3.05) is 12.3 Å². The van der Waals surface area contributed by atoms with Crippen LogP contribution >= 0.6 is 11.8 Å². The van der Waals surface area contributed by atoms with Gasteiger partial charge in [0.2, 0.25) is 5.82 Å². The van der Waals surface area contributed by atoms with Gasteiger partial charge in [0.15, 0.2) is 0 Å². The minimum Gasteiger partial charge on any atom is -0.311 e. The summed E-state index contributed by atoms with van der Waals surface area (Å²) < 4.78 is 26.9. The van der Waals surface area contributed by atoms with Gasteiger partial charge < -0.3 is 5.32 Å². The van der Waals surface area contributed by atoms with Crippen molar-refractivity contribution in [1.82, 2.24) is 5.32 Å². The van der Waals surface area contributed by atoms with Crippen LogP contribution in [0.15, 0.2) is 12.1 Å². The first-order valence-electron chi connectivity index (χ1n) is 6.38. The fourth-order valence-electron chi connectivity index (χ4n) is 2.29. The lowest BCUT2D eigenvalue weighted by molar-refractivity contribution is -0.387. The molecular formula is C13H16F2N2O2S. The van der Waals surface area contributed by atoms with Crippen molar-refractivity contribution in [3.63, 3.8) is 0 Å². The molecule has 1 fully saturated rings. The molecule has 1 unspecified atom stereocenters. The van der Waals surface area contributed by atoms with Gasteiger partial charge >= 0.3 is 5.69 Å². The van der Waals surface area contributed by atoms with E-state index >= 15 is 0 Å². The van der Waals surface area contributed by atoms with E-state index in [0.29, 0.717) is 12.6 Å². The van der Waals surface area contributed by atoms with Gasteiger partial charge in [-0.1, -0.05) is 0 Å². The van der Waals surface area contributed by atoms with Crippen LogP contribution in [0.5, 0.6) is 0 Å². The Morgan fingerprint density at radius 2 is 2.20 bits per heavy atom. The largest absolute Gasteiger partial charge is 0.311 e. The van der Waals surface area contributed by atoms with Crippen LogP contribution in [-0.4, -0.2) is 22.0 Å². The summed E-state index contributed by atoms with van der Waals surface area (Å²) in [6.45, 7) is 2.99. The van der Waals surface area contributed by atoms with E-state index in [1.807, 2.05) is 11.8 Å². The van der Waals surface area contributed by atoms with Crippen LogP contribution in [0.1, 0.15) is 25.3 Å². The number of nitrogens with one attached hydrogen (secondary N) is 1. The van der Waals surface area contributed by atoms with Gasteiger partial charge in [0.05, 0.1) is 4.92 Å². The first-order chi connectivity index (χ1) is 9.41. The van der Waals surface area contributed by atoms with Gasteiger partial charge in [-0.3, -0.25) is 10.1 Å². The molecule has 1 atom stereocenters. The van der Waals surface area contributed by atoms with E-state index in [-0.39, 0.29) is 16.9 Å². The van der Waals surface area contributed by atoms with Crippen LogP contribution in [0.2, 0.25) is 0 Å². The summed E-state index contributed by atoms with van der Waals surface area (Å²) in [6.07, 6.45) is 2.26. The van der Waals surface area contributed by atoms with Gasteiger partial charge in [-0.05, 0) is 25.5 Å². The second-order valence-corrected chi connectivity index (χ2v) is 6.84. The molecule has 7 heteroatoms. The molecule has 0 amide bonds. The SMILES string of the molecule is CC1(CNCc2cc([N+](=O)[O-])c(F)cc2F)CCCS1. The van der Waals surface area contributed by atoms with E-state index in [0.717, 1.165) is 18.2 Å². The summed E-state index contributed by atoms with van der Waals surface area (Å²) in [5, 5.41) is 13.7. The van der Waals surface area contributed by atoms with Gasteiger partial charge in [0.1, 0.15) is 5.82 Å². The first kappa shape index (κ1) is 15.2. The third kappa shape index (κ3) is 3.46. The number of benzene rings is 1. The summed E-state index contributed by atoms with van der Waals surface area (Å²) >= 11 is 1.87. The van der Waals surface area contributed by atoms with Crippen molar-refractivity contribution in [1.29, 1.82) is 0 Å². The number of nitro benzene ring substituents is 1. The molecule has 1 aliphatic rings. The van der Waals surface area contributed by atoms with Crippen LogP contribution in [0.3, 0.4) is 0 Å². The third-order valence-electron chi connectivity index (χ3n) is 3.43. The highest BCUT2D eigenvalue weighted by Gasteiger charge is 2.29. The Kier molecular flexibility index (Phi) is 4.59. The molecule has 1 aliphatic heterocycles. The molecule has 1 aromatic rings. The number of nitro groups is 1. The molecule has 4 nitrogen and oxygen atoms in total. The van der Waals surface area contributed by atoms with Gasteiger partial charge in [-0.25, -0.2) is 4.39 Å². The molecule has 110 valence electrons. The average molecular weight is 302 g/mol. The van der Waals surface area contributed by atoms with E-state index in [1.165, 1.54) is 6.42 Å². The zero-order chi connectivity index (χ0) is 14.8. The predicted octanol–water partition coefficient (Wildman–Crippen LogP) is 3.25. The smallest absolute Gasteiger partial charge is 0.305 e. The Morgan fingerprint density at radius 1 is 1.45 bits per heavy atom. The molecule has 2 rings (SSSR count). The Labute approximate surface area is 120 Å². The zero-order valence-electron chi connectivity index (χ0n) is 11.1. The first-order valence-corrected chi connectivity index (χ1v) is 7.37. The van der Waals surface area contributed by atoms with E-state index in [4.69, 9.17) is 0 Å². The van der Waals surface area contributed by atoms with Crippen LogP contribution < -0.4 is 5.32 Å². The summed E-state index contributed by atoms with van der Waals surface area (Å²) in [4.78, 5) is 9.80. The Morgan fingerprint density at radius 3 is 2.80 bits per heavy atom. The standard InChI is InChI=1S/C13H16F2N2O2S/c1-13(3-2-4-20-13)8-16-7-9-5-12(17(18)19)11(15)6-10(9)14/h5-6,16H,2-4,7-8H2,1H3. The van der Waals surface area contributed by atoms with Crippen molar-refractivity contribution < 1.29 is 13.7 Å². The van der Waals surface area contributed by atoms with Gasteiger partial charge in [0.25, 0.3) is 0 Å². The molecular weight excluding hydrogens is 286 g/mol. The summed E-state index contributed by atoms with van der Waals surface area (Å²) in [7, 11) is 0. The van der Waals surface area contributed by atoms with E-state index in [9.17, 15) is 18.9 Å². The Balaban J connectivity index is 2.02. The summed E-state index contributed by atoms with van der Waals surface area (Å²) in [5.74, 6) is -0.784. The molecule has 1 aromatic carbocycles. The van der Waals surface area contributed by atoms with E-state index in [2.05, 4.69) is 12.2 Å². The maximum Gasteiger partial charge on any atom is 0.305 e. The average Bonchev–Trinajstić information content (AvgIpc) is 2.78. The van der Waals surface area contributed by atoms with Crippen LogP contribution in [0.4, 0.5) is 14.5 Å². The molecule has 0 aromatic heterocycles. The highest BCUT2D eigenvalue weighted by atomic mass is 32.2. The normalized spacial score (nSPS) is 22.1. The molecule has 20 heavy (non-hydrogen) atoms. The third-order valence-corrected chi connectivity index (χ3v) is 4.97. The highest BCUT2D eigenvalue weighted by Crippen LogP contribution is 2.37.